The van der Waals surface area contributed by atoms with Gasteiger partial charge in [-0.2, -0.15) is 0 Å². The second-order valence-electron chi connectivity index (χ2n) is 5.99. The van der Waals surface area contributed by atoms with Crippen molar-refractivity contribution < 1.29 is 4.74 Å². The van der Waals surface area contributed by atoms with Crippen LogP contribution in [0.2, 0.25) is 5.02 Å². The van der Waals surface area contributed by atoms with Crippen LogP contribution in [0.15, 0.2) is 12.1 Å². The summed E-state index contributed by atoms with van der Waals surface area (Å²) in [5, 5.41) is 0.736. The van der Waals surface area contributed by atoms with Gasteiger partial charge in [-0.05, 0) is 38.9 Å². The quantitative estimate of drug-likeness (QED) is 0.795. The van der Waals surface area contributed by atoms with Crippen molar-refractivity contribution >= 4 is 17.4 Å². The van der Waals surface area contributed by atoms with Gasteiger partial charge >= 0.3 is 0 Å². The van der Waals surface area contributed by atoms with E-state index in [1.54, 1.807) is 0 Å². The molecule has 0 N–H and O–H groups in total. The number of hydrogen-bond donors (Lipinski definition) is 0. The van der Waals surface area contributed by atoms with Crippen molar-refractivity contribution in [2.24, 2.45) is 0 Å². The molecule has 0 unspecified atom stereocenters. The topological polar surface area (TPSA) is 28.6 Å². The molecule has 1 aromatic rings. The van der Waals surface area contributed by atoms with Gasteiger partial charge in [0.1, 0.15) is 5.82 Å². The number of hydrogen-bond acceptors (Lipinski definition) is 4. The molecule has 5 heteroatoms. The molecule has 110 valence electrons. The van der Waals surface area contributed by atoms with Crippen LogP contribution in [0.1, 0.15) is 18.5 Å². The van der Waals surface area contributed by atoms with Crippen LogP contribution in [0.4, 0.5) is 5.82 Å². The van der Waals surface area contributed by atoms with Crippen LogP contribution in [0, 0.1) is 6.92 Å². The van der Waals surface area contributed by atoms with Gasteiger partial charge in [-0.3, -0.25) is 0 Å². The molecule has 2 aliphatic rings. The van der Waals surface area contributed by atoms with Gasteiger partial charge < -0.3 is 14.5 Å². The first kappa shape index (κ1) is 14.1. The molecule has 2 aliphatic heterocycles. The van der Waals surface area contributed by atoms with Crippen molar-refractivity contribution in [1.29, 1.82) is 0 Å². The number of piperidine rings is 1. The van der Waals surface area contributed by atoms with E-state index in [9.17, 15) is 0 Å². The van der Waals surface area contributed by atoms with E-state index in [2.05, 4.69) is 21.8 Å². The molecular formula is C15H22ClN3O. The van der Waals surface area contributed by atoms with Gasteiger partial charge in [-0.1, -0.05) is 11.6 Å². The van der Waals surface area contributed by atoms with E-state index in [0.29, 0.717) is 0 Å². The highest BCUT2D eigenvalue weighted by Crippen LogP contribution is 2.31. The molecule has 1 aromatic heterocycles. The number of anilines is 1. The molecule has 2 saturated heterocycles. The molecule has 0 amide bonds. The van der Waals surface area contributed by atoms with Crippen molar-refractivity contribution in [2.75, 3.05) is 44.7 Å². The van der Waals surface area contributed by atoms with E-state index in [1.165, 1.54) is 0 Å². The highest BCUT2D eigenvalue weighted by Gasteiger charge is 2.38. The highest BCUT2D eigenvalue weighted by atomic mass is 35.5. The van der Waals surface area contributed by atoms with E-state index >= 15 is 0 Å². The molecule has 1 spiro atoms. The highest BCUT2D eigenvalue weighted by molar-refractivity contribution is 6.31. The second kappa shape index (κ2) is 5.51. The summed E-state index contributed by atoms with van der Waals surface area (Å²) in [4.78, 5) is 9.31. The van der Waals surface area contributed by atoms with Crippen molar-refractivity contribution in [1.82, 2.24) is 9.88 Å². The monoisotopic (exact) mass is 295 g/mol. The Balaban J connectivity index is 1.67. The molecule has 3 heterocycles. The Bertz CT molecular complexity index is 486. The second-order valence-corrected chi connectivity index (χ2v) is 6.40. The third kappa shape index (κ3) is 2.78. The van der Waals surface area contributed by atoms with Crippen molar-refractivity contribution in [3.63, 3.8) is 0 Å². The number of rotatable bonds is 1. The average molecular weight is 296 g/mol. The van der Waals surface area contributed by atoms with Gasteiger partial charge in [-0.25, -0.2) is 4.98 Å². The molecular weight excluding hydrogens is 274 g/mol. The van der Waals surface area contributed by atoms with Gasteiger partial charge in [0.05, 0.1) is 22.9 Å². The molecule has 0 saturated carbocycles. The number of aryl methyl sites for hydroxylation is 1. The Hall–Kier alpha value is -0.840. The molecule has 3 rings (SSSR count). The molecule has 4 nitrogen and oxygen atoms in total. The smallest absolute Gasteiger partial charge is 0.128 e. The van der Waals surface area contributed by atoms with Crippen LogP contribution >= 0.6 is 11.6 Å². The molecule has 0 atom stereocenters. The van der Waals surface area contributed by atoms with E-state index in [-0.39, 0.29) is 5.60 Å². The largest absolute Gasteiger partial charge is 0.372 e. The van der Waals surface area contributed by atoms with Crippen molar-refractivity contribution in [3.8, 4) is 0 Å². The minimum Gasteiger partial charge on any atom is -0.372 e. The summed E-state index contributed by atoms with van der Waals surface area (Å²) in [6.45, 7) is 6.91. The standard InChI is InChI=1S/C15H22ClN3O/c1-12-13(16)3-4-14(17-12)19-7-5-15(6-8-19)11-18(2)9-10-20-15/h3-4H,5-11H2,1-2H3. The number of aromatic nitrogens is 1. The summed E-state index contributed by atoms with van der Waals surface area (Å²) in [5.41, 5.74) is 0.962. The van der Waals surface area contributed by atoms with E-state index < -0.39 is 0 Å². The Labute approximate surface area is 125 Å². The lowest BCUT2D eigenvalue weighted by atomic mass is 9.89. The third-order valence-electron chi connectivity index (χ3n) is 4.44. The first-order valence-corrected chi connectivity index (χ1v) is 7.66. The van der Waals surface area contributed by atoms with Gasteiger partial charge in [0.25, 0.3) is 0 Å². The molecule has 20 heavy (non-hydrogen) atoms. The van der Waals surface area contributed by atoms with E-state index in [0.717, 1.165) is 62.2 Å². The maximum Gasteiger partial charge on any atom is 0.128 e. The SMILES string of the molecule is Cc1nc(N2CCC3(CC2)CN(C)CCO3)ccc1Cl. The molecule has 0 bridgehead atoms. The predicted molar refractivity (Wildman–Crippen MR) is 81.6 cm³/mol. The third-order valence-corrected chi connectivity index (χ3v) is 4.84. The van der Waals surface area contributed by atoms with Crippen LogP contribution in [-0.4, -0.2) is 55.3 Å². The first-order chi connectivity index (χ1) is 9.58. The Kier molecular flexibility index (Phi) is 3.89. The predicted octanol–water partition coefficient (Wildman–Crippen LogP) is 2.34. The number of likely N-dealkylation sites (N-methyl/N-ethyl adjacent to an activating group) is 1. The zero-order valence-corrected chi connectivity index (χ0v) is 13.0. The lowest BCUT2D eigenvalue weighted by molar-refractivity contribution is -0.115. The van der Waals surface area contributed by atoms with Crippen LogP contribution in [0.3, 0.4) is 0 Å². The van der Waals surface area contributed by atoms with Crippen LogP contribution in [0.25, 0.3) is 0 Å². The minimum absolute atomic E-state index is 0.0605. The van der Waals surface area contributed by atoms with Gasteiger partial charge in [-0.15, -0.1) is 0 Å². The zero-order valence-electron chi connectivity index (χ0n) is 12.2. The van der Waals surface area contributed by atoms with Gasteiger partial charge in [0.15, 0.2) is 0 Å². The summed E-state index contributed by atoms with van der Waals surface area (Å²) >= 11 is 6.05. The molecule has 0 aliphatic carbocycles. The normalized spacial score (nSPS) is 23.2. The maximum atomic E-state index is 6.09. The number of nitrogens with zero attached hydrogens (tertiary/aromatic N) is 3. The summed E-state index contributed by atoms with van der Waals surface area (Å²) in [7, 11) is 2.18. The maximum absolute atomic E-state index is 6.09. The number of halogens is 1. The summed E-state index contributed by atoms with van der Waals surface area (Å²) in [5.74, 6) is 1.03. The Morgan fingerprint density at radius 2 is 2.00 bits per heavy atom. The number of morpholine rings is 1. The van der Waals surface area contributed by atoms with Crippen molar-refractivity contribution in [3.05, 3.63) is 22.8 Å². The fourth-order valence-corrected chi connectivity index (χ4v) is 3.29. The minimum atomic E-state index is 0.0605. The molecule has 0 aromatic carbocycles. The lowest BCUT2D eigenvalue weighted by Gasteiger charge is -2.46. The lowest BCUT2D eigenvalue weighted by Crippen LogP contribution is -2.56. The zero-order chi connectivity index (χ0) is 14.2. The van der Waals surface area contributed by atoms with Gasteiger partial charge in [0.2, 0.25) is 0 Å². The molecule has 0 radical (unpaired) electrons. The summed E-state index contributed by atoms with van der Waals surface area (Å²) in [6.07, 6.45) is 2.14. The Morgan fingerprint density at radius 3 is 2.65 bits per heavy atom. The summed E-state index contributed by atoms with van der Waals surface area (Å²) in [6, 6.07) is 3.95. The number of pyridine rings is 1. The first-order valence-electron chi connectivity index (χ1n) is 7.29. The van der Waals surface area contributed by atoms with Crippen molar-refractivity contribution in [2.45, 2.75) is 25.4 Å². The molecule has 2 fully saturated rings. The van der Waals surface area contributed by atoms with Crippen LogP contribution in [0.5, 0.6) is 0 Å². The van der Waals surface area contributed by atoms with Crippen LogP contribution in [-0.2, 0) is 4.74 Å². The fraction of sp³-hybridized carbons (Fsp3) is 0.667. The Morgan fingerprint density at radius 1 is 1.25 bits per heavy atom. The van der Waals surface area contributed by atoms with E-state index in [4.69, 9.17) is 16.3 Å². The fourth-order valence-electron chi connectivity index (χ4n) is 3.19. The number of ether oxygens (including phenoxy) is 1. The van der Waals surface area contributed by atoms with E-state index in [1.807, 2.05) is 19.1 Å². The van der Waals surface area contributed by atoms with Gasteiger partial charge in [0, 0.05) is 26.2 Å². The summed E-state index contributed by atoms with van der Waals surface area (Å²) < 4.78 is 6.09. The van der Waals surface area contributed by atoms with Crippen LogP contribution < -0.4 is 4.90 Å². The average Bonchev–Trinajstić information content (AvgIpc) is 2.43.